The summed E-state index contributed by atoms with van der Waals surface area (Å²) in [5, 5.41) is 3.30. The molecule has 2 aromatic rings. The summed E-state index contributed by atoms with van der Waals surface area (Å²) in [6.07, 6.45) is 0. The topological polar surface area (TPSA) is 64.0 Å². The number of nitrogens with zero attached hydrogens (tertiary/aromatic N) is 2. The van der Waals surface area contributed by atoms with Crippen molar-refractivity contribution in [2.45, 2.75) is 27.3 Å². The highest BCUT2D eigenvalue weighted by Crippen LogP contribution is 2.19. The molecule has 0 saturated heterocycles. The van der Waals surface area contributed by atoms with Gasteiger partial charge in [-0.05, 0) is 38.5 Å². The molecule has 1 aromatic carbocycles. The Bertz CT molecular complexity index is 753. The number of aromatic nitrogens is 2. The van der Waals surface area contributed by atoms with Gasteiger partial charge in [-0.25, -0.2) is 4.98 Å². The van der Waals surface area contributed by atoms with Crippen molar-refractivity contribution in [1.29, 1.82) is 0 Å². The highest BCUT2D eigenvalue weighted by Gasteiger charge is 2.09. The van der Waals surface area contributed by atoms with Crippen LogP contribution in [0.2, 0.25) is 5.02 Å². The van der Waals surface area contributed by atoms with Gasteiger partial charge in [-0.3, -0.25) is 14.2 Å². The van der Waals surface area contributed by atoms with E-state index in [2.05, 4.69) is 10.3 Å². The number of carbonyl (C=O) groups is 1. The first-order chi connectivity index (χ1) is 9.86. The van der Waals surface area contributed by atoms with Crippen LogP contribution in [0.4, 0.5) is 5.69 Å². The van der Waals surface area contributed by atoms with Crippen LogP contribution < -0.4 is 10.9 Å². The molecule has 0 aliphatic heterocycles. The summed E-state index contributed by atoms with van der Waals surface area (Å²) in [5.41, 5.74) is 1.93. The monoisotopic (exact) mass is 305 g/mol. The lowest BCUT2D eigenvalue weighted by molar-refractivity contribution is -0.116. The summed E-state index contributed by atoms with van der Waals surface area (Å²) in [6.45, 7) is 5.25. The zero-order chi connectivity index (χ0) is 15.6. The molecule has 0 aliphatic rings. The maximum atomic E-state index is 12.0. The van der Waals surface area contributed by atoms with Gasteiger partial charge in [0.25, 0.3) is 5.56 Å². The fourth-order valence-electron chi connectivity index (χ4n) is 1.97. The molecule has 110 valence electrons. The van der Waals surface area contributed by atoms with Crippen LogP contribution in [-0.2, 0) is 11.3 Å². The largest absolute Gasteiger partial charge is 0.324 e. The molecule has 0 unspecified atom stereocenters. The Hall–Kier alpha value is -2.14. The lowest BCUT2D eigenvalue weighted by Gasteiger charge is -2.10. The van der Waals surface area contributed by atoms with E-state index in [0.29, 0.717) is 22.2 Å². The SMILES string of the molecule is Cc1cc(=O)n(CC(=O)Nc2ccc(C)c(Cl)c2)c(C)n1. The van der Waals surface area contributed by atoms with Crippen LogP contribution in [0.5, 0.6) is 0 Å². The molecule has 5 nitrogen and oxygen atoms in total. The molecule has 0 aliphatic carbocycles. The van der Waals surface area contributed by atoms with Crippen LogP contribution in [0, 0.1) is 20.8 Å². The first-order valence-corrected chi connectivity index (χ1v) is 6.85. The summed E-state index contributed by atoms with van der Waals surface area (Å²) in [7, 11) is 0. The van der Waals surface area contributed by atoms with Gasteiger partial charge >= 0.3 is 0 Å². The van der Waals surface area contributed by atoms with Crippen molar-refractivity contribution < 1.29 is 4.79 Å². The van der Waals surface area contributed by atoms with Crippen molar-refractivity contribution >= 4 is 23.2 Å². The number of anilines is 1. The van der Waals surface area contributed by atoms with Gasteiger partial charge in [-0.2, -0.15) is 0 Å². The molecule has 6 heteroatoms. The molecule has 1 amide bonds. The van der Waals surface area contributed by atoms with E-state index in [4.69, 9.17) is 11.6 Å². The minimum atomic E-state index is -0.300. The van der Waals surface area contributed by atoms with Crippen molar-refractivity contribution in [1.82, 2.24) is 9.55 Å². The maximum Gasteiger partial charge on any atom is 0.254 e. The van der Waals surface area contributed by atoms with E-state index in [-0.39, 0.29) is 18.0 Å². The van der Waals surface area contributed by atoms with E-state index in [1.165, 1.54) is 10.6 Å². The second-order valence-electron chi connectivity index (χ2n) is 4.88. The van der Waals surface area contributed by atoms with Gasteiger partial charge in [0.1, 0.15) is 12.4 Å². The molecule has 0 spiro atoms. The number of halogens is 1. The molecular weight excluding hydrogens is 290 g/mol. The fraction of sp³-hybridized carbons (Fsp3) is 0.267. The summed E-state index contributed by atoms with van der Waals surface area (Å²) >= 11 is 6.01. The van der Waals surface area contributed by atoms with Crippen molar-refractivity contribution in [3.8, 4) is 0 Å². The molecular formula is C15H16ClN3O2. The van der Waals surface area contributed by atoms with E-state index in [9.17, 15) is 9.59 Å². The third-order valence-electron chi connectivity index (χ3n) is 3.08. The van der Waals surface area contributed by atoms with E-state index < -0.39 is 0 Å². The standard InChI is InChI=1S/C15H16ClN3O2/c1-9-4-5-12(7-13(9)16)18-14(20)8-19-11(3)17-10(2)6-15(19)21/h4-7H,8H2,1-3H3,(H,18,20). The second kappa shape index (κ2) is 6.10. The molecule has 0 saturated carbocycles. The summed E-state index contributed by atoms with van der Waals surface area (Å²) in [6, 6.07) is 6.67. The molecule has 21 heavy (non-hydrogen) atoms. The number of nitrogens with one attached hydrogen (secondary N) is 1. The van der Waals surface area contributed by atoms with Crippen molar-refractivity contribution in [3.63, 3.8) is 0 Å². The Kier molecular flexibility index (Phi) is 4.43. The number of aryl methyl sites for hydroxylation is 3. The minimum Gasteiger partial charge on any atom is -0.324 e. The molecule has 1 N–H and O–H groups in total. The normalized spacial score (nSPS) is 10.5. The highest BCUT2D eigenvalue weighted by atomic mass is 35.5. The van der Waals surface area contributed by atoms with Gasteiger partial charge in [0.05, 0.1) is 0 Å². The first-order valence-electron chi connectivity index (χ1n) is 6.48. The Morgan fingerprint density at radius 2 is 2.00 bits per heavy atom. The van der Waals surface area contributed by atoms with Gasteiger partial charge in [0.2, 0.25) is 5.91 Å². The average molecular weight is 306 g/mol. The predicted octanol–water partition coefficient (Wildman–Crippen LogP) is 2.46. The van der Waals surface area contributed by atoms with Gasteiger partial charge in [0, 0.05) is 22.5 Å². The zero-order valence-corrected chi connectivity index (χ0v) is 12.9. The molecule has 1 aromatic heterocycles. The molecule has 1 heterocycles. The van der Waals surface area contributed by atoms with E-state index in [1.54, 1.807) is 26.0 Å². The van der Waals surface area contributed by atoms with Gasteiger partial charge in [0.15, 0.2) is 0 Å². The second-order valence-corrected chi connectivity index (χ2v) is 5.29. The van der Waals surface area contributed by atoms with E-state index >= 15 is 0 Å². The number of hydrogen-bond donors (Lipinski definition) is 1. The Morgan fingerprint density at radius 1 is 1.29 bits per heavy atom. The van der Waals surface area contributed by atoms with Gasteiger partial charge < -0.3 is 5.32 Å². The number of carbonyl (C=O) groups excluding carboxylic acids is 1. The van der Waals surface area contributed by atoms with Crippen LogP contribution in [0.3, 0.4) is 0 Å². The Morgan fingerprint density at radius 3 is 2.62 bits per heavy atom. The highest BCUT2D eigenvalue weighted by molar-refractivity contribution is 6.31. The molecule has 2 rings (SSSR count). The van der Waals surface area contributed by atoms with Crippen LogP contribution >= 0.6 is 11.6 Å². The van der Waals surface area contributed by atoms with Crippen LogP contribution in [0.1, 0.15) is 17.1 Å². The lowest BCUT2D eigenvalue weighted by atomic mass is 10.2. The van der Waals surface area contributed by atoms with Crippen molar-refractivity contribution in [2.24, 2.45) is 0 Å². The molecule has 0 fully saturated rings. The number of hydrogen-bond acceptors (Lipinski definition) is 3. The molecule has 0 bridgehead atoms. The average Bonchev–Trinajstić information content (AvgIpc) is 2.38. The third-order valence-corrected chi connectivity index (χ3v) is 3.49. The Labute approximate surface area is 127 Å². The number of rotatable bonds is 3. The lowest BCUT2D eigenvalue weighted by Crippen LogP contribution is -2.30. The van der Waals surface area contributed by atoms with E-state index in [1.807, 2.05) is 13.0 Å². The van der Waals surface area contributed by atoms with Crippen molar-refractivity contribution in [2.75, 3.05) is 5.32 Å². The molecule has 0 radical (unpaired) electrons. The van der Waals surface area contributed by atoms with Crippen LogP contribution in [-0.4, -0.2) is 15.5 Å². The fourth-order valence-corrected chi connectivity index (χ4v) is 2.15. The summed E-state index contributed by atoms with van der Waals surface area (Å²) < 4.78 is 1.33. The maximum absolute atomic E-state index is 12.0. The minimum absolute atomic E-state index is 0.0799. The zero-order valence-electron chi connectivity index (χ0n) is 12.1. The third kappa shape index (κ3) is 3.70. The first kappa shape index (κ1) is 15.3. The van der Waals surface area contributed by atoms with Gasteiger partial charge in [-0.15, -0.1) is 0 Å². The van der Waals surface area contributed by atoms with Crippen molar-refractivity contribution in [3.05, 3.63) is 56.7 Å². The van der Waals surface area contributed by atoms with Crippen LogP contribution in [0.15, 0.2) is 29.1 Å². The number of amides is 1. The summed E-state index contributed by atoms with van der Waals surface area (Å²) in [4.78, 5) is 28.1. The van der Waals surface area contributed by atoms with Crippen LogP contribution in [0.25, 0.3) is 0 Å². The predicted molar refractivity (Wildman–Crippen MR) is 82.8 cm³/mol. The number of benzene rings is 1. The van der Waals surface area contributed by atoms with Gasteiger partial charge in [-0.1, -0.05) is 17.7 Å². The van der Waals surface area contributed by atoms with E-state index in [0.717, 1.165) is 5.56 Å². The quantitative estimate of drug-likeness (QED) is 0.947. The Balaban J connectivity index is 2.15. The summed E-state index contributed by atoms with van der Waals surface area (Å²) in [5.74, 6) is 0.211. The smallest absolute Gasteiger partial charge is 0.254 e. The molecule has 0 atom stereocenters.